The second kappa shape index (κ2) is 6.87. The lowest BCUT2D eigenvalue weighted by atomic mass is 10.0. The molecule has 1 saturated heterocycles. The highest BCUT2D eigenvalue weighted by Gasteiger charge is 2.33. The van der Waals surface area contributed by atoms with Gasteiger partial charge in [0.15, 0.2) is 0 Å². The average Bonchev–Trinajstić information content (AvgIpc) is 3.11. The molecule has 1 atom stereocenters. The summed E-state index contributed by atoms with van der Waals surface area (Å²) in [6.45, 7) is 2.56. The van der Waals surface area contributed by atoms with Crippen LogP contribution in [-0.2, 0) is 4.79 Å². The molecule has 2 aromatic carbocycles. The van der Waals surface area contributed by atoms with Crippen molar-refractivity contribution >= 4 is 11.7 Å². The summed E-state index contributed by atoms with van der Waals surface area (Å²) in [5.41, 5.74) is 2.52. The van der Waals surface area contributed by atoms with E-state index in [2.05, 4.69) is 0 Å². The van der Waals surface area contributed by atoms with Gasteiger partial charge in [-0.3, -0.25) is 9.59 Å². The van der Waals surface area contributed by atoms with E-state index in [4.69, 9.17) is 4.74 Å². The Kier molecular flexibility index (Phi) is 4.65. The standard InChI is InChI=1S/C20H21NO3/c1-14-8-10-15(11-9-14)19(22)20(23)21-12-4-7-18(21)16-5-3-6-17(13-16)24-2/h3,5-6,8-11,13,18H,4,7,12H2,1-2H3. The Morgan fingerprint density at radius 3 is 2.58 bits per heavy atom. The van der Waals surface area contributed by atoms with E-state index in [1.807, 2.05) is 43.3 Å². The van der Waals surface area contributed by atoms with Crippen molar-refractivity contribution in [2.75, 3.05) is 13.7 Å². The van der Waals surface area contributed by atoms with E-state index in [1.54, 1.807) is 24.1 Å². The Hall–Kier alpha value is -2.62. The largest absolute Gasteiger partial charge is 0.497 e. The summed E-state index contributed by atoms with van der Waals surface area (Å²) >= 11 is 0. The summed E-state index contributed by atoms with van der Waals surface area (Å²) in [6.07, 6.45) is 1.76. The van der Waals surface area contributed by atoms with Crippen molar-refractivity contribution in [3.63, 3.8) is 0 Å². The van der Waals surface area contributed by atoms with E-state index in [1.165, 1.54) is 0 Å². The highest BCUT2D eigenvalue weighted by atomic mass is 16.5. The number of carbonyl (C=O) groups excluding carboxylic acids is 2. The number of likely N-dealkylation sites (tertiary alicyclic amines) is 1. The van der Waals surface area contributed by atoms with Crippen molar-refractivity contribution in [3.05, 3.63) is 65.2 Å². The van der Waals surface area contributed by atoms with E-state index in [9.17, 15) is 9.59 Å². The normalized spacial score (nSPS) is 16.9. The van der Waals surface area contributed by atoms with Crippen molar-refractivity contribution < 1.29 is 14.3 Å². The highest BCUT2D eigenvalue weighted by molar-refractivity contribution is 6.42. The third-order valence-corrected chi connectivity index (χ3v) is 4.50. The third kappa shape index (κ3) is 3.18. The van der Waals surface area contributed by atoms with Crippen molar-refractivity contribution in [3.8, 4) is 5.75 Å². The van der Waals surface area contributed by atoms with Gasteiger partial charge >= 0.3 is 0 Å². The molecule has 1 fully saturated rings. The minimum atomic E-state index is -0.440. The van der Waals surface area contributed by atoms with E-state index in [0.717, 1.165) is 29.7 Å². The van der Waals surface area contributed by atoms with Crippen LogP contribution < -0.4 is 4.74 Å². The molecule has 4 nitrogen and oxygen atoms in total. The van der Waals surface area contributed by atoms with Crippen molar-refractivity contribution in [1.82, 2.24) is 4.90 Å². The molecule has 1 heterocycles. The molecule has 1 amide bonds. The van der Waals surface area contributed by atoms with Gasteiger partial charge in [0.25, 0.3) is 5.91 Å². The maximum atomic E-state index is 12.7. The fourth-order valence-electron chi connectivity index (χ4n) is 3.16. The molecule has 1 unspecified atom stereocenters. The van der Waals surface area contributed by atoms with E-state index in [0.29, 0.717) is 12.1 Å². The van der Waals surface area contributed by atoms with E-state index < -0.39 is 11.7 Å². The topological polar surface area (TPSA) is 46.6 Å². The highest BCUT2D eigenvalue weighted by Crippen LogP contribution is 2.33. The molecule has 0 aromatic heterocycles. The van der Waals surface area contributed by atoms with Gasteiger partial charge in [0, 0.05) is 12.1 Å². The lowest BCUT2D eigenvalue weighted by Crippen LogP contribution is -2.36. The Labute approximate surface area is 142 Å². The number of hydrogen-bond donors (Lipinski definition) is 0. The van der Waals surface area contributed by atoms with E-state index in [-0.39, 0.29) is 6.04 Å². The molecule has 2 aromatic rings. The fraction of sp³-hybridized carbons (Fsp3) is 0.300. The van der Waals surface area contributed by atoms with Crippen LogP contribution in [0.5, 0.6) is 5.75 Å². The van der Waals surface area contributed by atoms with Crippen molar-refractivity contribution in [2.24, 2.45) is 0 Å². The van der Waals surface area contributed by atoms with Crippen LogP contribution >= 0.6 is 0 Å². The minimum absolute atomic E-state index is 0.0676. The van der Waals surface area contributed by atoms with Crippen LogP contribution in [0.15, 0.2) is 48.5 Å². The molecule has 1 aliphatic rings. The quantitative estimate of drug-likeness (QED) is 0.638. The molecule has 0 saturated carbocycles. The minimum Gasteiger partial charge on any atom is -0.497 e. The van der Waals surface area contributed by atoms with Crippen LogP contribution in [0.4, 0.5) is 0 Å². The Bertz CT molecular complexity index is 752. The Morgan fingerprint density at radius 1 is 1.12 bits per heavy atom. The van der Waals surface area contributed by atoms with E-state index >= 15 is 0 Å². The molecule has 0 radical (unpaired) electrons. The van der Waals surface area contributed by atoms with Crippen molar-refractivity contribution in [1.29, 1.82) is 0 Å². The van der Waals surface area contributed by atoms with Crippen LogP contribution in [0.25, 0.3) is 0 Å². The van der Waals surface area contributed by atoms with Gasteiger partial charge in [-0.15, -0.1) is 0 Å². The number of nitrogens with zero attached hydrogens (tertiary/aromatic N) is 1. The molecule has 4 heteroatoms. The first-order valence-corrected chi connectivity index (χ1v) is 8.16. The van der Waals surface area contributed by atoms with Crippen LogP contribution in [0, 0.1) is 6.92 Å². The maximum absolute atomic E-state index is 12.7. The predicted molar refractivity (Wildman–Crippen MR) is 92.2 cm³/mol. The zero-order chi connectivity index (χ0) is 17.1. The van der Waals surface area contributed by atoms with Crippen LogP contribution in [0.2, 0.25) is 0 Å². The Balaban J connectivity index is 1.82. The molecule has 0 spiro atoms. The van der Waals surface area contributed by atoms with Crippen molar-refractivity contribution in [2.45, 2.75) is 25.8 Å². The first-order chi connectivity index (χ1) is 11.6. The number of Topliss-reactive ketones (excluding diaryl/α,β-unsaturated/α-hetero) is 1. The van der Waals surface area contributed by atoms with Gasteiger partial charge in [-0.2, -0.15) is 0 Å². The van der Waals surface area contributed by atoms with Gasteiger partial charge in [-0.25, -0.2) is 0 Å². The summed E-state index contributed by atoms with van der Waals surface area (Å²) in [5.74, 6) is -0.106. The zero-order valence-corrected chi connectivity index (χ0v) is 14.0. The summed E-state index contributed by atoms with van der Waals surface area (Å²) in [7, 11) is 1.62. The predicted octanol–water partition coefficient (Wildman–Crippen LogP) is 3.55. The smallest absolute Gasteiger partial charge is 0.295 e. The summed E-state index contributed by atoms with van der Waals surface area (Å²) in [4.78, 5) is 26.9. The SMILES string of the molecule is COc1cccc(C2CCCN2C(=O)C(=O)c2ccc(C)cc2)c1. The number of aryl methyl sites for hydroxylation is 1. The fourth-order valence-corrected chi connectivity index (χ4v) is 3.16. The third-order valence-electron chi connectivity index (χ3n) is 4.50. The molecular formula is C20H21NO3. The second-order valence-electron chi connectivity index (χ2n) is 6.13. The van der Waals surface area contributed by atoms with Gasteiger partial charge in [0.2, 0.25) is 5.78 Å². The summed E-state index contributed by atoms with van der Waals surface area (Å²) < 4.78 is 5.27. The van der Waals surface area contributed by atoms with Crippen LogP contribution in [-0.4, -0.2) is 30.2 Å². The van der Waals surface area contributed by atoms with Gasteiger partial charge < -0.3 is 9.64 Å². The van der Waals surface area contributed by atoms with Gasteiger partial charge in [0.1, 0.15) is 5.75 Å². The first-order valence-electron chi connectivity index (χ1n) is 8.16. The lowest BCUT2D eigenvalue weighted by molar-refractivity contribution is -0.127. The van der Waals surface area contributed by atoms with Gasteiger partial charge in [-0.05, 0) is 37.5 Å². The second-order valence-corrected chi connectivity index (χ2v) is 6.13. The number of ketones is 1. The van der Waals surface area contributed by atoms with Crippen LogP contribution in [0.1, 0.15) is 40.4 Å². The number of carbonyl (C=O) groups is 2. The summed E-state index contributed by atoms with van der Waals surface area (Å²) in [6, 6.07) is 14.8. The molecule has 0 aliphatic carbocycles. The van der Waals surface area contributed by atoms with Crippen LogP contribution in [0.3, 0.4) is 0 Å². The zero-order valence-electron chi connectivity index (χ0n) is 14.0. The molecule has 0 N–H and O–H groups in total. The Morgan fingerprint density at radius 2 is 1.88 bits per heavy atom. The number of methoxy groups -OCH3 is 1. The first kappa shape index (κ1) is 16.2. The monoisotopic (exact) mass is 323 g/mol. The number of rotatable bonds is 4. The average molecular weight is 323 g/mol. The summed E-state index contributed by atoms with van der Waals surface area (Å²) in [5, 5.41) is 0. The number of hydrogen-bond acceptors (Lipinski definition) is 3. The molecule has 1 aliphatic heterocycles. The maximum Gasteiger partial charge on any atom is 0.295 e. The molecule has 3 rings (SSSR count). The number of amides is 1. The molecule has 0 bridgehead atoms. The van der Waals surface area contributed by atoms with Gasteiger partial charge in [-0.1, -0.05) is 42.0 Å². The molecular weight excluding hydrogens is 302 g/mol. The lowest BCUT2D eigenvalue weighted by Gasteiger charge is -2.24. The number of benzene rings is 2. The van der Waals surface area contributed by atoms with Gasteiger partial charge in [0.05, 0.1) is 13.2 Å². The number of ether oxygens (including phenoxy) is 1. The molecule has 24 heavy (non-hydrogen) atoms. The molecule has 124 valence electrons.